The number of rotatable bonds is 6. The predicted octanol–water partition coefficient (Wildman–Crippen LogP) is 3.24. The van der Waals surface area contributed by atoms with Gasteiger partial charge >= 0.3 is 0 Å². The van der Waals surface area contributed by atoms with Crippen LogP contribution in [0.3, 0.4) is 0 Å². The number of hydrogen-bond acceptors (Lipinski definition) is 4. The van der Waals surface area contributed by atoms with Crippen LogP contribution in [0.15, 0.2) is 45.5 Å². The molecule has 5 nitrogen and oxygen atoms in total. The number of hydrogen-bond donors (Lipinski definition) is 2. The van der Waals surface area contributed by atoms with Crippen LogP contribution >= 0.6 is 15.9 Å². The molecule has 0 spiro atoms. The van der Waals surface area contributed by atoms with Gasteiger partial charge in [-0.3, -0.25) is 4.79 Å². The van der Waals surface area contributed by atoms with Gasteiger partial charge in [0.2, 0.25) is 5.91 Å². The summed E-state index contributed by atoms with van der Waals surface area (Å²) in [6.45, 7) is 0.647. The Morgan fingerprint density at radius 2 is 1.90 bits per heavy atom. The summed E-state index contributed by atoms with van der Waals surface area (Å²) in [5.74, 6) is 0.669. The fourth-order valence-corrected chi connectivity index (χ4v) is 1.98. The number of carbonyl (C=O) groups is 1. The van der Waals surface area contributed by atoms with Crippen LogP contribution in [0.25, 0.3) is 0 Å². The Balaban J connectivity index is 1.86. The largest absolute Gasteiger partial charge is 0.452 e. The minimum absolute atomic E-state index is 0.0490. The maximum atomic E-state index is 11.3. The van der Waals surface area contributed by atoms with Crippen molar-refractivity contribution >= 4 is 33.2 Å². The second kappa shape index (κ2) is 7.12. The Bertz CT molecular complexity index is 566. The summed E-state index contributed by atoms with van der Waals surface area (Å²) in [5.41, 5.74) is 1.68. The van der Waals surface area contributed by atoms with Gasteiger partial charge in [-0.25, -0.2) is 0 Å². The third-order valence-electron chi connectivity index (χ3n) is 2.54. The van der Waals surface area contributed by atoms with Crippen LogP contribution in [0.2, 0.25) is 0 Å². The lowest BCUT2D eigenvalue weighted by Gasteiger charge is -2.07. The lowest BCUT2D eigenvalue weighted by molar-refractivity contribution is -0.119. The molecule has 1 amide bonds. The third-order valence-corrected chi connectivity index (χ3v) is 2.97. The first-order valence-corrected chi connectivity index (χ1v) is 6.83. The van der Waals surface area contributed by atoms with Gasteiger partial charge < -0.3 is 19.8 Å². The van der Waals surface area contributed by atoms with Crippen molar-refractivity contribution < 1.29 is 13.9 Å². The summed E-state index contributed by atoms with van der Waals surface area (Å²) in [6, 6.07) is 11.2. The molecule has 0 saturated carbocycles. The SMILES string of the molecule is COCC(=O)Nc1ccc(NCc2ccc(Br)o2)cc1. The van der Waals surface area contributed by atoms with Gasteiger partial charge in [-0.15, -0.1) is 0 Å². The third kappa shape index (κ3) is 4.40. The van der Waals surface area contributed by atoms with Gasteiger partial charge in [-0.2, -0.15) is 0 Å². The number of nitrogens with one attached hydrogen (secondary N) is 2. The molecule has 1 aromatic carbocycles. The summed E-state index contributed by atoms with van der Waals surface area (Å²) in [4.78, 5) is 11.3. The van der Waals surface area contributed by atoms with Gasteiger partial charge in [-0.1, -0.05) is 0 Å². The van der Waals surface area contributed by atoms with Crippen molar-refractivity contribution in [3.05, 3.63) is 46.8 Å². The van der Waals surface area contributed by atoms with Crippen LogP contribution < -0.4 is 10.6 Å². The molecule has 20 heavy (non-hydrogen) atoms. The van der Waals surface area contributed by atoms with E-state index < -0.39 is 0 Å². The Labute approximate surface area is 125 Å². The molecule has 0 aliphatic rings. The molecule has 0 aliphatic heterocycles. The summed E-state index contributed by atoms with van der Waals surface area (Å²) in [7, 11) is 1.49. The van der Waals surface area contributed by atoms with Crippen LogP contribution in [0.4, 0.5) is 11.4 Å². The molecule has 106 valence electrons. The van der Waals surface area contributed by atoms with Crippen molar-refractivity contribution in [2.24, 2.45) is 0 Å². The second-order valence-electron chi connectivity index (χ2n) is 4.12. The van der Waals surface area contributed by atoms with Crippen molar-refractivity contribution in [3.63, 3.8) is 0 Å². The molecule has 0 aliphatic carbocycles. The molecule has 2 aromatic rings. The average Bonchev–Trinajstić information content (AvgIpc) is 2.84. The van der Waals surface area contributed by atoms with Crippen LogP contribution in [0.1, 0.15) is 5.76 Å². The van der Waals surface area contributed by atoms with Crippen molar-refractivity contribution in [2.75, 3.05) is 24.4 Å². The quantitative estimate of drug-likeness (QED) is 0.848. The zero-order valence-corrected chi connectivity index (χ0v) is 12.6. The highest BCUT2D eigenvalue weighted by Crippen LogP contribution is 2.17. The number of anilines is 2. The number of carbonyl (C=O) groups excluding carboxylic acids is 1. The fourth-order valence-electron chi connectivity index (χ4n) is 1.64. The number of ether oxygens (including phenoxy) is 1. The molecular formula is C14H15BrN2O3. The van der Waals surface area contributed by atoms with Crippen molar-refractivity contribution in [1.82, 2.24) is 0 Å². The van der Waals surface area contributed by atoms with E-state index in [0.29, 0.717) is 11.2 Å². The topological polar surface area (TPSA) is 63.5 Å². The highest BCUT2D eigenvalue weighted by atomic mass is 79.9. The Morgan fingerprint density at radius 1 is 1.20 bits per heavy atom. The predicted molar refractivity (Wildman–Crippen MR) is 80.7 cm³/mol. The molecule has 0 unspecified atom stereocenters. The standard InChI is InChI=1S/C14H15BrN2O3/c1-19-9-14(18)17-11-4-2-10(3-5-11)16-8-12-6-7-13(15)20-12/h2-7,16H,8-9H2,1H3,(H,17,18). The van der Waals surface area contributed by atoms with Gasteiger partial charge in [0.15, 0.2) is 4.67 Å². The monoisotopic (exact) mass is 338 g/mol. The van der Waals surface area contributed by atoms with Gasteiger partial charge in [0, 0.05) is 18.5 Å². The van der Waals surface area contributed by atoms with Gasteiger partial charge in [0.1, 0.15) is 12.4 Å². The smallest absolute Gasteiger partial charge is 0.250 e. The number of halogens is 1. The van der Waals surface area contributed by atoms with Crippen molar-refractivity contribution in [2.45, 2.75) is 6.54 Å². The van der Waals surface area contributed by atoms with Gasteiger partial charge in [0.05, 0.1) is 6.54 Å². The fraction of sp³-hybridized carbons (Fsp3) is 0.214. The molecule has 0 saturated heterocycles. The van der Waals surface area contributed by atoms with Crippen LogP contribution in [0, 0.1) is 0 Å². The Hall–Kier alpha value is -1.79. The Kier molecular flexibility index (Phi) is 5.20. The highest BCUT2D eigenvalue weighted by Gasteiger charge is 2.02. The maximum absolute atomic E-state index is 11.3. The lowest BCUT2D eigenvalue weighted by Crippen LogP contribution is -2.16. The van der Waals surface area contributed by atoms with E-state index in [0.717, 1.165) is 17.1 Å². The minimum atomic E-state index is -0.173. The minimum Gasteiger partial charge on any atom is -0.452 e. The van der Waals surface area contributed by atoms with E-state index in [9.17, 15) is 4.79 Å². The molecule has 2 N–H and O–H groups in total. The van der Waals surface area contributed by atoms with E-state index in [-0.39, 0.29) is 12.5 Å². The van der Waals surface area contributed by atoms with Crippen molar-refractivity contribution in [3.8, 4) is 0 Å². The van der Waals surface area contributed by atoms with E-state index in [4.69, 9.17) is 9.15 Å². The van der Waals surface area contributed by atoms with E-state index in [1.807, 2.05) is 36.4 Å². The molecule has 1 aromatic heterocycles. The van der Waals surface area contributed by atoms with Crippen molar-refractivity contribution in [1.29, 1.82) is 0 Å². The zero-order valence-electron chi connectivity index (χ0n) is 11.0. The summed E-state index contributed by atoms with van der Waals surface area (Å²) >= 11 is 3.26. The normalized spacial score (nSPS) is 10.3. The molecule has 2 rings (SSSR count). The van der Waals surface area contributed by atoms with Crippen LogP contribution in [-0.4, -0.2) is 19.6 Å². The van der Waals surface area contributed by atoms with E-state index >= 15 is 0 Å². The summed E-state index contributed by atoms with van der Waals surface area (Å²) in [6.07, 6.45) is 0. The molecule has 1 heterocycles. The first-order valence-electron chi connectivity index (χ1n) is 6.04. The van der Waals surface area contributed by atoms with E-state index in [1.54, 1.807) is 0 Å². The van der Waals surface area contributed by atoms with E-state index in [2.05, 4.69) is 26.6 Å². The zero-order chi connectivity index (χ0) is 14.4. The molecule has 0 fully saturated rings. The molecule has 0 bridgehead atoms. The van der Waals surface area contributed by atoms with Crippen LogP contribution in [-0.2, 0) is 16.1 Å². The number of furan rings is 1. The van der Waals surface area contributed by atoms with E-state index in [1.165, 1.54) is 7.11 Å². The number of amides is 1. The molecule has 0 atom stereocenters. The average molecular weight is 339 g/mol. The second-order valence-corrected chi connectivity index (χ2v) is 4.90. The summed E-state index contributed by atoms with van der Waals surface area (Å²) < 4.78 is 10.9. The number of methoxy groups -OCH3 is 1. The number of benzene rings is 1. The molecule has 0 radical (unpaired) electrons. The Morgan fingerprint density at radius 3 is 2.50 bits per heavy atom. The van der Waals surface area contributed by atoms with Crippen LogP contribution in [0.5, 0.6) is 0 Å². The lowest BCUT2D eigenvalue weighted by atomic mass is 10.2. The molecular weight excluding hydrogens is 324 g/mol. The highest BCUT2D eigenvalue weighted by molar-refractivity contribution is 9.10. The maximum Gasteiger partial charge on any atom is 0.250 e. The van der Waals surface area contributed by atoms with Gasteiger partial charge in [-0.05, 0) is 52.3 Å². The first-order chi connectivity index (χ1) is 9.67. The summed E-state index contributed by atoms with van der Waals surface area (Å²) in [5, 5.41) is 5.96. The first kappa shape index (κ1) is 14.6. The van der Waals surface area contributed by atoms with Gasteiger partial charge in [0.25, 0.3) is 0 Å². The molecule has 6 heteroatoms.